The fraction of sp³-hybridized carbons (Fsp3) is 0.0870. The molecule has 2 aromatic carbocycles. The van der Waals surface area contributed by atoms with Gasteiger partial charge in [-0.25, -0.2) is 4.79 Å². The van der Waals surface area contributed by atoms with Crippen LogP contribution in [0.4, 0.5) is 0 Å². The summed E-state index contributed by atoms with van der Waals surface area (Å²) in [4.78, 5) is 29.7. The number of nitrogens with zero attached hydrogens (tertiary/aromatic N) is 1. The van der Waals surface area contributed by atoms with E-state index in [0.29, 0.717) is 22.1 Å². The summed E-state index contributed by atoms with van der Waals surface area (Å²) < 4.78 is 11.6. The van der Waals surface area contributed by atoms with Gasteiger partial charge in [0.25, 0.3) is 0 Å². The van der Waals surface area contributed by atoms with Gasteiger partial charge in [0.1, 0.15) is 5.58 Å². The van der Waals surface area contributed by atoms with Crippen LogP contribution in [-0.2, 0) is 0 Å². The van der Waals surface area contributed by atoms with E-state index in [4.69, 9.17) is 9.15 Å². The Labute approximate surface area is 161 Å². The lowest BCUT2D eigenvalue weighted by molar-refractivity contribution is 0.0731. The predicted octanol–water partition coefficient (Wildman–Crippen LogP) is 4.69. The number of aromatic nitrogens is 1. The maximum atomic E-state index is 13.2. The average Bonchev–Trinajstić information content (AvgIpc) is 2.72. The second kappa shape index (κ2) is 7.12. The van der Waals surface area contributed by atoms with E-state index in [9.17, 15) is 9.59 Å². The predicted molar refractivity (Wildman–Crippen MR) is 107 cm³/mol. The molecule has 0 spiro atoms. The van der Waals surface area contributed by atoms with Crippen LogP contribution in [0.1, 0.15) is 21.5 Å². The van der Waals surface area contributed by atoms with E-state index in [1.807, 2.05) is 38.1 Å². The van der Waals surface area contributed by atoms with E-state index in [0.717, 1.165) is 11.1 Å². The number of aryl methyl sites for hydroxylation is 2. The van der Waals surface area contributed by atoms with E-state index in [2.05, 4.69) is 4.98 Å². The molecule has 0 aliphatic heterocycles. The van der Waals surface area contributed by atoms with Crippen molar-refractivity contribution >= 4 is 16.9 Å². The van der Waals surface area contributed by atoms with Crippen molar-refractivity contribution in [1.82, 2.24) is 4.98 Å². The third kappa shape index (κ3) is 3.18. The summed E-state index contributed by atoms with van der Waals surface area (Å²) in [5, 5.41) is 0.375. The molecule has 0 saturated heterocycles. The van der Waals surface area contributed by atoms with Crippen LogP contribution in [0, 0.1) is 13.8 Å². The highest BCUT2D eigenvalue weighted by molar-refractivity contribution is 5.93. The molecule has 4 rings (SSSR count). The maximum Gasteiger partial charge on any atom is 0.343 e. The first-order valence-electron chi connectivity index (χ1n) is 8.80. The first-order valence-corrected chi connectivity index (χ1v) is 8.80. The number of ether oxygens (including phenoxy) is 1. The Hall–Kier alpha value is -3.73. The van der Waals surface area contributed by atoms with Crippen LogP contribution in [0.5, 0.6) is 5.75 Å². The van der Waals surface area contributed by atoms with Crippen molar-refractivity contribution in [2.24, 2.45) is 0 Å². The summed E-state index contributed by atoms with van der Waals surface area (Å²) in [5.41, 5.74) is 2.99. The summed E-state index contributed by atoms with van der Waals surface area (Å²) in [7, 11) is 0. The van der Waals surface area contributed by atoms with Gasteiger partial charge in [-0.05, 0) is 49.2 Å². The van der Waals surface area contributed by atoms with E-state index in [1.54, 1.807) is 18.2 Å². The zero-order chi connectivity index (χ0) is 19.7. The standard InChI is InChI=1S/C23H17NO4/c1-14-12-18-19(13-15(14)2)27-21(16-6-4-3-5-7-16)22(20(18)25)28-23(26)17-8-10-24-11-9-17/h3-13H,1-2H3. The average molecular weight is 371 g/mol. The van der Waals surface area contributed by atoms with Gasteiger partial charge in [0.2, 0.25) is 11.2 Å². The summed E-state index contributed by atoms with van der Waals surface area (Å²) >= 11 is 0. The Morgan fingerprint density at radius 1 is 0.964 bits per heavy atom. The van der Waals surface area contributed by atoms with Crippen LogP contribution >= 0.6 is 0 Å². The lowest BCUT2D eigenvalue weighted by Crippen LogP contribution is -2.16. The Morgan fingerprint density at radius 3 is 2.36 bits per heavy atom. The number of carbonyl (C=O) groups is 1. The summed E-state index contributed by atoms with van der Waals surface area (Å²) in [6, 6.07) is 15.8. The number of pyridine rings is 1. The van der Waals surface area contributed by atoms with Crippen LogP contribution in [0.2, 0.25) is 0 Å². The topological polar surface area (TPSA) is 69.4 Å². The highest BCUT2D eigenvalue weighted by atomic mass is 16.5. The number of fused-ring (bicyclic) bond motifs is 1. The van der Waals surface area contributed by atoms with E-state index in [1.165, 1.54) is 24.5 Å². The molecule has 0 N–H and O–H groups in total. The van der Waals surface area contributed by atoms with Gasteiger partial charge in [-0.3, -0.25) is 9.78 Å². The molecule has 2 aromatic heterocycles. The van der Waals surface area contributed by atoms with Crippen LogP contribution in [0.15, 0.2) is 76.2 Å². The molecule has 0 radical (unpaired) electrons. The third-order valence-corrected chi connectivity index (χ3v) is 4.61. The number of hydrogen-bond donors (Lipinski definition) is 0. The molecular formula is C23H17NO4. The molecule has 5 heteroatoms. The van der Waals surface area contributed by atoms with Crippen LogP contribution in [-0.4, -0.2) is 11.0 Å². The van der Waals surface area contributed by atoms with Gasteiger partial charge < -0.3 is 9.15 Å². The smallest absolute Gasteiger partial charge is 0.343 e. The largest absolute Gasteiger partial charge is 0.452 e. The lowest BCUT2D eigenvalue weighted by atomic mass is 10.0. The lowest BCUT2D eigenvalue weighted by Gasteiger charge is -2.11. The second-order valence-corrected chi connectivity index (χ2v) is 6.51. The van der Waals surface area contributed by atoms with Gasteiger partial charge in [0.05, 0.1) is 10.9 Å². The van der Waals surface area contributed by atoms with Crippen molar-refractivity contribution in [3.05, 3.63) is 93.9 Å². The van der Waals surface area contributed by atoms with Gasteiger partial charge in [-0.15, -0.1) is 0 Å². The molecule has 0 saturated carbocycles. The highest BCUT2D eigenvalue weighted by Gasteiger charge is 2.21. The van der Waals surface area contributed by atoms with Gasteiger partial charge >= 0.3 is 5.97 Å². The molecule has 0 unspecified atom stereocenters. The molecule has 0 aliphatic carbocycles. The van der Waals surface area contributed by atoms with Crippen LogP contribution in [0.3, 0.4) is 0 Å². The normalized spacial score (nSPS) is 10.8. The SMILES string of the molecule is Cc1cc2oc(-c3ccccc3)c(OC(=O)c3ccncc3)c(=O)c2cc1C. The van der Waals surface area contributed by atoms with Crippen molar-refractivity contribution < 1.29 is 13.9 Å². The molecule has 0 bridgehead atoms. The monoisotopic (exact) mass is 371 g/mol. The van der Waals surface area contributed by atoms with E-state index in [-0.39, 0.29) is 16.9 Å². The van der Waals surface area contributed by atoms with Gasteiger partial charge in [0.15, 0.2) is 5.76 Å². The first-order chi connectivity index (χ1) is 13.5. The Bertz CT molecular complexity index is 1230. The fourth-order valence-corrected chi connectivity index (χ4v) is 2.95. The first kappa shape index (κ1) is 17.7. The highest BCUT2D eigenvalue weighted by Crippen LogP contribution is 2.32. The van der Waals surface area contributed by atoms with Crippen molar-refractivity contribution in [2.45, 2.75) is 13.8 Å². The minimum Gasteiger partial charge on any atom is -0.452 e. The molecule has 0 aliphatic rings. The van der Waals surface area contributed by atoms with Crippen molar-refractivity contribution in [2.75, 3.05) is 0 Å². The third-order valence-electron chi connectivity index (χ3n) is 4.61. The van der Waals surface area contributed by atoms with E-state index < -0.39 is 5.97 Å². The van der Waals surface area contributed by atoms with Gasteiger partial charge in [0, 0.05) is 18.0 Å². The number of benzene rings is 2. The summed E-state index contributed by atoms with van der Waals surface area (Å²) in [6.07, 6.45) is 2.98. The summed E-state index contributed by atoms with van der Waals surface area (Å²) in [6.45, 7) is 3.87. The van der Waals surface area contributed by atoms with Crippen molar-refractivity contribution in [3.8, 4) is 17.1 Å². The zero-order valence-electron chi connectivity index (χ0n) is 15.4. The molecule has 138 valence electrons. The molecule has 5 nitrogen and oxygen atoms in total. The Balaban J connectivity index is 1.94. The Morgan fingerprint density at radius 2 is 1.64 bits per heavy atom. The quantitative estimate of drug-likeness (QED) is 0.489. The minimum absolute atomic E-state index is 0.122. The second-order valence-electron chi connectivity index (χ2n) is 6.51. The molecule has 2 heterocycles. The molecule has 4 aromatic rings. The molecule has 0 fully saturated rings. The number of rotatable bonds is 3. The number of hydrogen-bond acceptors (Lipinski definition) is 5. The van der Waals surface area contributed by atoms with Crippen molar-refractivity contribution in [3.63, 3.8) is 0 Å². The zero-order valence-corrected chi connectivity index (χ0v) is 15.4. The fourth-order valence-electron chi connectivity index (χ4n) is 2.95. The van der Waals surface area contributed by atoms with Gasteiger partial charge in [-0.1, -0.05) is 30.3 Å². The minimum atomic E-state index is -0.643. The molecule has 0 amide bonds. The Kier molecular flexibility index (Phi) is 4.49. The van der Waals surface area contributed by atoms with Gasteiger partial charge in [-0.2, -0.15) is 0 Å². The summed E-state index contributed by atoms with van der Waals surface area (Å²) in [5.74, 6) is -0.539. The number of carbonyl (C=O) groups excluding carboxylic acids is 1. The number of esters is 1. The van der Waals surface area contributed by atoms with E-state index >= 15 is 0 Å². The van der Waals surface area contributed by atoms with Crippen molar-refractivity contribution in [1.29, 1.82) is 0 Å². The molecular weight excluding hydrogens is 354 g/mol. The molecule has 28 heavy (non-hydrogen) atoms. The van der Waals surface area contributed by atoms with Crippen LogP contribution < -0.4 is 10.2 Å². The maximum absolute atomic E-state index is 13.2. The molecule has 0 atom stereocenters. The van der Waals surface area contributed by atoms with Crippen LogP contribution in [0.25, 0.3) is 22.3 Å².